The lowest BCUT2D eigenvalue weighted by Gasteiger charge is -2.29. The average Bonchev–Trinajstić information content (AvgIpc) is 2.95. The lowest BCUT2D eigenvalue weighted by molar-refractivity contribution is 0.475. The van der Waals surface area contributed by atoms with Crippen LogP contribution in [0.15, 0.2) is 66.7 Å². The predicted molar refractivity (Wildman–Crippen MR) is 117 cm³/mol. The Morgan fingerprint density at radius 1 is 0.828 bits per heavy atom. The van der Waals surface area contributed by atoms with Crippen LogP contribution in [-0.2, 0) is 12.5 Å². The van der Waals surface area contributed by atoms with Crippen LogP contribution >= 0.6 is 0 Å². The van der Waals surface area contributed by atoms with Crippen LogP contribution in [0.3, 0.4) is 0 Å². The van der Waals surface area contributed by atoms with E-state index in [1.165, 1.54) is 16.6 Å². The first-order valence-electron chi connectivity index (χ1n) is 9.72. The molecule has 3 heteroatoms. The monoisotopic (exact) mass is 380 g/mol. The highest BCUT2D eigenvalue weighted by Crippen LogP contribution is 2.41. The summed E-state index contributed by atoms with van der Waals surface area (Å²) < 4.78 is 2.18. The second kappa shape index (κ2) is 6.83. The van der Waals surface area contributed by atoms with Crippen molar-refractivity contribution in [2.45, 2.75) is 26.2 Å². The molecule has 4 rings (SSSR count). The number of benzene rings is 3. The summed E-state index contributed by atoms with van der Waals surface area (Å²) in [5.41, 5.74) is 6.45. The van der Waals surface area contributed by atoms with Crippen LogP contribution in [0.5, 0.6) is 5.75 Å². The molecule has 3 aromatic carbocycles. The third-order valence-electron chi connectivity index (χ3n) is 6.19. The van der Waals surface area contributed by atoms with Gasteiger partial charge in [-0.15, -0.1) is 0 Å². The Morgan fingerprint density at radius 3 is 1.97 bits per heavy atom. The molecule has 1 heterocycles. The molecule has 1 aromatic heterocycles. The van der Waals surface area contributed by atoms with Gasteiger partial charge in [-0.1, -0.05) is 54.1 Å². The molecule has 1 unspecified atom stereocenters. The summed E-state index contributed by atoms with van der Waals surface area (Å²) >= 11 is 0. The fourth-order valence-electron chi connectivity index (χ4n) is 4.20. The van der Waals surface area contributed by atoms with Gasteiger partial charge >= 0.3 is 0 Å². The first kappa shape index (κ1) is 18.8. The Labute approximate surface area is 171 Å². The smallest absolute Gasteiger partial charge is 0.132 e. The van der Waals surface area contributed by atoms with Crippen molar-refractivity contribution in [1.29, 1.82) is 5.26 Å². The largest absolute Gasteiger partial charge is 0.508 e. The Balaban J connectivity index is 2.06. The average molecular weight is 380 g/mol. The fourth-order valence-corrected chi connectivity index (χ4v) is 4.20. The number of nitriles is 1. The molecule has 144 valence electrons. The van der Waals surface area contributed by atoms with Crippen LogP contribution in [0.1, 0.15) is 33.5 Å². The van der Waals surface area contributed by atoms with E-state index in [4.69, 9.17) is 0 Å². The molecule has 0 radical (unpaired) electrons. The lowest BCUT2D eigenvalue weighted by Crippen LogP contribution is -2.27. The zero-order valence-corrected chi connectivity index (χ0v) is 17.2. The first-order valence-corrected chi connectivity index (χ1v) is 9.72. The van der Waals surface area contributed by atoms with Gasteiger partial charge in [0.05, 0.1) is 6.07 Å². The molecule has 0 bridgehead atoms. The fraction of sp³-hybridized carbons (Fsp3) is 0.192. The van der Waals surface area contributed by atoms with Gasteiger partial charge in [0.25, 0.3) is 0 Å². The van der Waals surface area contributed by atoms with Crippen molar-refractivity contribution in [1.82, 2.24) is 4.57 Å². The summed E-state index contributed by atoms with van der Waals surface area (Å²) in [6.45, 7) is 6.29. The minimum absolute atomic E-state index is 0.189. The van der Waals surface area contributed by atoms with Crippen LogP contribution in [-0.4, -0.2) is 9.67 Å². The highest BCUT2D eigenvalue weighted by molar-refractivity contribution is 5.86. The molecule has 1 N–H and O–H groups in total. The second-order valence-electron chi connectivity index (χ2n) is 7.78. The number of phenols is 1. The van der Waals surface area contributed by atoms with E-state index in [-0.39, 0.29) is 5.75 Å². The van der Waals surface area contributed by atoms with Crippen molar-refractivity contribution in [3.63, 3.8) is 0 Å². The Bertz CT molecular complexity index is 1190. The zero-order valence-electron chi connectivity index (χ0n) is 17.2. The Hall–Kier alpha value is -3.51. The SMILES string of the molecule is Cc1ccc(C(C#N)(c2ccc(O)cc2)c2ccc3c(C)c(C)n(C)c3c2)cc1. The first-order chi connectivity index (χ1) is 13.9. The van der Waals surface area contributed by atoms with E-state index in [0.29, 0.717) is 0 Å². The van der Waals surface area contributed by atoms with E-state index in [1.807, 2.05) is 43.3 Å². The van der Waals surface area contributed by atoms with Gasteiger partial charge in [0.1, 0.15) is 11.2 Å². The minimum Gasteiger partial charge on any atom is -0.508 e. The van der Waals surface area contributed by atoms with Gasteiger partial charge in [-0.05, 0) is 61.2 Å². The highest BCUT2D eigenvalue weighted by atomic mass is 16.3. The molecule has 3 nitrogen and oxygen atoms in total. The van der Waals surface area contributed by atoms with E-state index < -0.39 is 5.41 Å². The molecule has 0 aliphatic heterocycles. The number of phenolic OH excluding ortho intramolecular Hbond substituents is 1. The number of hydrogen-bond donors (Lipinski definition) is 1. The lowest BCUT2D eigenvalue weighted by atomic mass is 9.70. The molecule has 0 aliphatic rings. The number of fused-ring (bicyclic) bond motifs is 1. The maximum Gasteiger partial charge on any atom is 0.132 e. The molecular formula is C26H24N2O. The van der Waals surface area contributed by atoms with Crippen molar-refractivity contribution in [2.75, 3.05) is 0 Å². The van der Waals surface area contributed by atoms with Gasteiger partial charge in [0.2, 0.25) is 0 Å². The van der Waals surface area contributed by atoms with Gasteiger partial charge < -0.3 is 9.67 Å². The topological polar surface area (TPSA) is 48.9 Å². The number of aryl methyl sites for hydroxylation is 3. The third kappa shape index (κ3) is 2.80. The van der Waals surface area contributed by atoms with Gasteiger partial charge in [-0.25, -0.2) is 0 Å². The third-order valence-corrected chi connectivity index (χ3v) is 6.19. The molecular weight excluding hydrogens is 356 g/mol. The Morgan fingerprint density at radius 2 is 1.38 bits per heavy atom. The van der Waals surface area contributed by atoms with Crippen molar-refractivity contribution in [3.8, 4) is 11.8 Å². The molecule has 0 fully saturated rings. The molecule has 29 heavy (non-hydrogen) atoms. The zero-order chi connectivity index (χ0) is 20.8. The molecule has 0 saturated heterocycles. The second-order valence-corrected chi connectivity index (χ2v) is 7.78. The minimum atomic E-state index is -0.971. The van der Waals surface area contributed by atoms with Gasteiger partial charge in [-0.3, -0.25) is 0 Å². The highest BCUT2D eigenvalue weighted by Gasteiger charge is 2.37. The van der Waals surface area contributed by atoms with E-state index in [2.05, 4.69) is 49.7 Å². The van der Waals surface area contributed by atoms with E-state index in [1.54, 1.807) is 12.1 Å². The van der Waals surface area contributed by atoms with Crippen LogP contribution in [0, 0.1) is 32.1 Å². The van der Waals surface area contributed by atoms with Crippen molar-refractivity contribution in [2.24, 2.45) is 7.05 Å². The summed E-state index contributed by atoms with van der Waals surface area (Å²) in [4.78, 5) is 0. The molecule has 1 atom stereocenters. The summed E-state index contributed by atoms with van der Waals surface area (Å²) in [6, 6.07) is 24.0. The van der Waals surface area contributed by atoms with Gasteiger partial charge in [0, 0.05) is 23.6 Å². The van der Waals surface area contributed by atoms with E-state index in [9.17, 15) is 10.4 Å². The van der Waals surface area contributed by atoms with Crippen molar-refractivity contribution in [3.05, 3.63) is 100 Å². The van der Waals surface area contributed by atoms with Crippen LogP contribution in [0.2, 0.25) is 0 Å². The number of nitrogens with zero attached hydrogens (tertiary/aromatic N) is 2. The van der Waals surface area contributed by atoms with Crippen LogP contribution < -0.4 is 0 Å². The summed E-state index contributed by atoms with van der Waals surface area (Å²) in [5, 5.41) is 21.6. The van der Waals surface area contributed by atoms with Crippen LogP contribution in [0.25, 0.3) is 10.9 Å². The van der Waals surface area contributed by atoms with Crippen molar-refractivity contribution < 1.29 is 5.11 Å². The normalized spacial score (nSPS) is 13.2. The van der Waals surface area contributed by atoms with Crippen molar-refractivity contribution >= 4 is 10.9 Å². The van der Waals surface area contributed by atoms with Gasteiger partial charge in [0.15, 0.2) is 0 Å². The molecule has 4 aromatic rings. The number of aromatic nitrogens is 1. The van der Waals surface area contributed by atoms with E-state index >= 15 is 0 Å². The molecule has 0 aliphatic carbocycles. The number of rotatable bonds is 3. The predicted octanol–water partition coefficient (Wildman–Crippen LogP) is 5.67. The van der Waals surface area contributed by atoms with E-state index in [0.717, 1.165) is 27.8 Å². The molecule has 0 saturated carbocycles. The summed E-state index contributed by atoms with van der Waals surface area (Å²) in [7, 11) is 2.06. The quantitative estimate of drug-likeness (QED) is 0.466. The Kier molecular flexibility index (Phi) is 4.43. The summed E-state index contributed by atoms with van der Waals surface area (Å²) in [5.74, 6) is 0.189. The maximum absolute atomic E-state index is 10.6. The molecule has 0 amide bonds. The molecule has 0 spiro atoms. The standard InChI is InChI=1S/C26H24N2O/c1-17-5-7-20(8-6-17)26(16-27,21-9-12-23(29)13-10-21)22-11-14-24-18(2)19(3)28(4)25(24)15-22/h5-15,29H,1-4H3. The van der Waals surface area contributed by atoms with Crippen LogP contribution in [0.4, 0.5) is 0 Å². The number of aromatic hydroxyl groups is 1. The summed E-state index contributed by atoms with van der Waals surface area (Å²) in [6.07, 6.45) is 0. The maximum atomic E-state index is 10.6. The van der Waals surface area contributed by atoms with Gasteiger partial charge in [-0.2, -0.15) is 5.26 Å². The number of hydrogen-bond acceptors (Lipinski definition) is 2.